The van der Waals surface area contributed by atoms with Gasteiger partial charge in [-0.2, -0.15) is 0 Å². The molecule has 1 N–H and O–H groups in total. The second kappa shape index (κ2) is 4.75. The quantitative estimate of drug-likeness (QED) is 0.798. The van der Waals surface area contributed by atoms with Crippen LogP contribution in [0.25, 0.3) is 11.0 Å². The molecule has 0 amide bonds. The van der Waals surface area contributed by atoms with Crippen LogP contribution in [0.1, 0.15) is 22.5 Å². The van der Waals surface area contributed by atoms with Crippen LogP contribution in [-0.2, 0) is 13.5 Å². The first-order valence-corrected chi connectivity index (χ1v) is 7.03. The number of imidazole rings is 1. The molecular weight excluding hydrogens is 258 g/mol. The largest absolute Gasteiger partial charge is 0.387 e. The zero-order valence-electron chi connectivity index (χ0n) is 10.9. The molecule has 3 aromatic rings. The van der Waals surface area contributed by atoms with Gasteiger partial charge in [-0.15, -0.1) is 11.3 Å². The van der Waals surface area contributed by atoms with Crippen LogP contribution in [0.2, 0.25) is 0 Å². The van der Waals surface area contributed by atoms with Gasteiger partial charge in [0, 0.05) is 13.5 Å². The summed E-state index contributed by atoms with van der Waals surface area (Å²) in [5.74, 6) is 0.890. The number of fused-ring (bicyclic) bond motifs is 1. The topological polar surface area (TPSA) is 50.9 Å². The van der Waals surface area contributed by atoms with E-state index in [2.05, 4.69) is 9.97 Å². The standard InChI is InChI=1S/C14H15N3OS/c1-9-14(19-8-15-9)12(18)7-13-16-10-5-3-4-6-11(10)17(13)2/h3-6,8,12,18H,7H2,1-2H3. The van der Waals surface area contributed by atoms with Crippen LogP contribution in [0.15, 0.2) is 29.8 Å². The Morgan fingerprint density at radius 3 is 2.84 bits per heavy atom. The summed E-state index contributed by atoms with van der Waals surface area (Å²) in [6.45, 7) is 1.92. The fraction of sp³-hybridized carbons (Fsp3) is 0.286. The first-order chi connectivity index (χ1) is 9.16. The molecular formula is C14H15N3OS. The average Bonchev–Trinajstić information content (AvgIpc) is 2.95. The number of aryl methyl sites for hydroxylation is 2. The predicted molar refractivity (Wildman–Crippen MR) is 76.2 cm³/mol. The summed E-state index contributed by atoms with van der Waals surface area (Å²) in [7, 11) is 1.98. The summed E-state index contributed by atoms with van der Waals surface area (Å²) in [6, 6.07) is 8.00. The molecule has 2 aromatic heterocycles. The fourth-order valence-corrected chi connectivity index (χ4v) is 3.06. The third-order valence-corrected chi connectivity index (χ3v) is 4.37. The molecule has 0 aliphatic heterocycles. The Labute approximate surface area is 115 Å². The maximum atomic E-state index is 10.3. The Morgan fingerprint density at radius 2 is 2.16 bits per heavy atom. The van der Waals surface area contributed by atoms with Crippen molar-refractivity contribution in [2.45, 2.75) is 19.4 Å². The molecule has 0 saturated heterocycles. The van der Waals surface area contributed by atoms with Crippen molar-refractivity contribution in [3.05, 3.63) is 46.2 Å². The zero-order chi connectivity index (χ0) is 13.4. The third-order valence-electron chi connectivity index (χ3n) is 3.34. The summed E-state index contributed by atoms with van der Waals surface area (Å²) in [5, 5.41) is 10.3. The molecule has 98 valence electrons. The van der Waals surface area contributed by atoms with Gasteiger partial charge in [-0.05, 0) is 19.1 Å². The minimum Gasteiger partial charge on any atom is -0.387 e. The Hall–Kier alpha value is -1.72. The highest BCUT2D eigenvalue weighted by atomic mass is 32.1. The average molecular weight is 273 g/mol. The van der Waals surface area contributed by atoms with E-state index in [1.165, 1.54) is 11.3 Å². The van der Waals surface area contributed by atoms with Crippen LogP contribution in [0.5, 0.6) is 0 Å². The molecule has 0 bridgehead atoms. The first kappa shape index (κ1) is 12.3. The Balaban J connectivity index is 1.93. The van der Waals surface area contributed by atoms with Gasteiger partial charge < -0.3 is 9.67 Å². The van der Waals surface area contributed by atoms with E-state index in [9.17, 15) is 5.11 Å². The molecule has 2 heterocycles. The smallest absolute Gasteiger partial charge is 0.112 e. The van der Waals surface area contributed by atoms with Crippen LogP contribution in [0.3, 0.4) is 0 Å². The number of aliphatic hydroxyl groups is 1. The van der Waals surface area contributed by atoms with Crippen molar-refractivity contribution in [3.8, 4) is 0 Å². The van der Waals surface area contributed by atoms with Crippen molar-refractivity contribution in [2.75, 3.05) is 0 Å². The number of aliphatic hydroxyl groups excluding tert-OH is 1. The molecule has 0 radical (unpaired) electrons. The number of thiazole rings is 1. The van der Waals surface area contributed by atoms with E-state index in [1.807, 2.05) is 42.8 Å². The van der Waals surface area contributed by atoms with E-state index in [4.69, 9.17) is 0 Å². The normalized spacial score (nSPS) is 13.0. The maximum Gasteiger partial charge on any atom is 0.112 e. The molecule has 0 aliphatic carbocycles. The summed E-state index contributed by atoms with van der Waals surface area (Å²) >= 11 is 1.49. The van der Waals surface area contributed by atoms with Gasteiger partial charge in [0.25, 0.3) is 0 Å². The number of hydrogen-bond donors (Lipinski definition) is 1. The van der Waals surface area contributed by atoms with Crippen LogP contribution in [0, 0.1) is 6.92 Å². The van der Waals surface area contributed by atoms with Gasteiger partial charge in [-0.1, -0.05) is 12.1 Å². The van der Waals surface area contributed by atoms with Crippen molar-refractivity contribution in [3.63, 3.8) is 0 Å². The highest BCUT2D eigenvalue weighted by Gasteiger charge is 2.17. The number of hydrogen-bond acceptors (Lipinski definition) is 4. The predicted octanol–water partition coefficient (Wildman–Crippen LogP) is 2.61. The zero-order valence-corrected chi connectivity index (χ0v) is 11.7. The minimum atomic E-state index is -0.539. The van der Waals surface area contributed by atoms with Crippen molar-refractivity contribution < 1.29 is 5.11 Å². The lowest BCUT2D eigenvalue weighted by molar-refractivity contribution is 0.178. The van der Waals surface area contributed by atoms with E-state index in [-0.39, 0.29) is 0 Å². The molecule has 19 heavy (non-hydrogen) atoms. The van der Waals surface area contributed by atoms with Crippen molar-refractivity contribution in [2.24, 2.45) is 7.05 Å². The molecule has 0 fully saturated rings. The van der Waals surface area contributed by atoms with Crippen LogP contribution in [0.4, 0.5) is 0 Å². The van der Waals surface area contributed by atoms with E-state index in [0.29, 0.717) is 6.42 Å². The van der Waals surface area contributed by atoms with Gasteiger partial charge in [-0.25, -0.2) is 9.97 Å². The Bertz CT molecular complexity index is 716. The molecule has 0 spiro atoms. The molecule has 1 atom stereocenters. The minimum absolute atomic E-state index is 0.508. The second-order valence-corrected chi connectivity index (χ2v) is 5.48. The van der Waals surface area contributed by atoms with Crippen molar-refractivity contribution >= 4 is 22.4 Å². The molecule has 0 aliphatic rings. The molecule has 0 saturated carbocycles. The van der Waals surface area contributed by atoms with Crippen LogP contribution in [-0.4, -0.2) is 19.6 Å². The number of benzene rings is 1. The SMILES string of the molecule is Cc1ncsc1C(O)Cc1nc2ccccc2n1C. The van der Waals surface area contributed by atoms with Crippen LogP contribution < -0.4 is 0 Å². The van der Waals surface area contributed by atoms with E-state index in [0.717, 1.165) is 27.4 Å². The summed E-state index contributed by atoms with van der Waals surface area (Å²) in [4.78, 5) is 9.68. The summed E-state index contributed by atoms with van der Waals surface area (Å²) in [5.41, 5.74) is 4.72. The maximum absolute atomic E-state index is 10.3. The molecule has 3 rings (SSSR count). The van der Waals surface area contributed by atoms with E-state index in [1.54, 1.807) is 5.51 Å². The number of aromatic nitrogens is 3. The van der Waals surface area contributed by atoms with Gasteiger partial charge >= 0.3 is 0 Å². The lowest BCUT2D eigenvalue weighted by Crippen LogP contribution is -2.06. The lowest BCUT2D eigenvalue weighted by atomic mass is 10.2. The third kappa shape index (κ3) is 2.15. The number of nitrogens with zero attached hydrogens (tertiary/aromatic N) is 3. The van der Waals surface area contributed by atoms with Gasteiger partial charge in [0.2, 0.25) is 0 Å². The van der Waals surface area contributed by atoms with Gasteiger partial charge in [-0.3, -0.25) is 0 Å². The summed E-state index contributed by atoms with van der Waals surface area (Å²) in [6.07, 6.45) is -0.0307. The molecule has 1 unspecified atom stereocenters. The highest BCUT2D eigenvalue weighted by molar-refractivity contribution is 7.09. The first-order valence-electron chi connectivity index (χ1n) is 6.15. The van der Waals surface area contributed by atoms with E-state index >= 15 is 0 Å². The van der Waals surface area contributed by atoms with E-state index < -0.39 is 6.10 Å². The Morgan fingerprint density at radius 1 is 1.37 bits per heavy atom. The fourth-order valence-electron chi connectivity index (χ4n) is 2.27. The van der Waals surface area contributed by atoms with Crippen molar-refractivity contribution in [1.82, 2.24) is 14.5 Å². The lowest BCUT2D eigenvalue weighted by Gasteiger charge is -2.09. The Kier molecular flexibility index (Phi) is 3.08. The van der Waals surface area contributed by atoms with Crippen molar-refractivity contribution in [1.29, 1.82) is 0 Å². The van der Waals surface area contributed by atoms with Gasteiger partial charge in [0.15, 0.2) is 0 Å². The second-order valence-electron chi connectivity index (χ2n) is 4.60. The number of para-hydroxylation sites is 2. The molecule has 4 nitrogen and oxygen atoms in total. The number of rotatable bonds is 3. The van der Waals surface area contributed by atoms with Crippen LogP contribution >= 0.6 is 11.3 Å². The molecule has 1 aromatic carbocycles. The summed E-state index contributed by atoms with van der Waals surface area (Å²) < 4.78 is 2.04. The monoisotopic (exact) mass is 273 g/mol. The highest BCUT2D eigenvalue weighted by Crippen LogP contribution is 2.25. The molecule has 5 heteroatoms. The van der Waals surface area contributed by atoms with Gasteiger partial charge in [0.05, 0.1) is 33.2 Å². The van der Waals surface area contributed by atoms with Gasteiger partial charge in [0.1, 0.15) is 5.82 Å².